The second-order valence-electron chi connectivity index (χ2n) is 3.34. The van der Waals surface area contributed by atoms with Gasteiger partial charge in [0.25, 0.3) is 0 Å². The average Bonchev–Trinajstić information content (AvgIpc) is 2.67. The van der Waals surface area contributed by atoms with Crippen molar-refractivity contribution < 1.29 is 9.18 Å². The van der Waals surface area contributed by atoms with Crippen LogP contribution < -0.4 is 0 Å². The van der Waals surface area contributed by atoms with Crippen molar-refractivity contribution in [3.63, 3.8) is 0 Å². The number of carbonyl (C=O) groups excluding carboxylic acids is 1. The van der Waals surface area contributed by atoms with Gasteiger partial charge in [-0.15, -0.1) is 11.3 Å². The first-order valence-electron chi connectivity index (χ1n) is 4.63. The largest absolute Gasteiger partial charge is 0.288 e. The van der Waals surface area contributed by atoms with Gasteiger partial charge >= 0.3 is 0 Å². The molecule has 1 heterocycles. The minimum Gasteiger partial charge on any atom is -0.288 e. The summed E-state index contributed by atoms with van der Waals surface area (Å²) in [5, 5.41) is 1.83. The van der Waals surface area contributed by atoms with Crippen LogP contribution in [0, 0.1) is 12.7 Å². The van der Waals surface area contributed by atoms with Crippen molar-refractivity contribution in [1.29, 1.82) is 0 Å². The molecule has 2 aromatic rings. The molecule has 0 amide bonds. The van der Waals surface area contributed by atoms with Gasteiger partial charge in [0.15, 0.2) is 5.78 Å². The lowest BCUT2D eigenvalue weighted by molar-refractivity contribution is 0.103. The summed E-state index contributed by atoms with van der Waals surface area (Å²) in [7, 11) is 0. The molecule has 0 saturated carbocycles. The van der Waals surface area contributed by atoms with Gasteiger partial charge in [0.1, 0.15) is 5.82 Å². The Morgan fingerprint density at radius 3 is 2.69 bits per heavy atom. The van der Waals surface area contributed by atoms with Crippen LogP contribution in [0.5, 0.6) is 0 Å². The molecule has 0 saturated heterocycles. The summed E-state index contributed by atoms with van der Waals surface area (Å²) in [6.07, 6.45) is 0. The fourth-order valence-electron chi connectivity index (χ4n) is 1.44. The minimum atomic E-state index is -0.487. The molecule has 4 heteroatoms. The highest BCUT2D eigenvalue weighted by Gasteiger charge is 2.16. The van der Waals surface area contributed by atoms with Crippen LogP contribution in [0.3, 0.4) is 0 Å². The number of hydrogen-bond donors (Lipinski definition) is 0. The van der Waals surface area contributed by atoms with E-state index in [1.54, 1.807) is 12.1 Å². The Labute approximate surface area is 105 Å². The first-order valence-corrected chi connectivity index (χ1v) is 6.30. The number of thiophene rings is 1. The Balaban J connectivity index is 2.49. The monoisotopic (exact) mass is 298 g/mol. The molecule has 0 unspecified atom stereocenters. The molecule has 1 aromatic heterocycles. The summed E-state index contributed by atoms with van der Waals surface area (Å²) in [6, 6.07) is 6.10. The zero-order chi connectivity index (χ0) is 11.7. The maximum absolute atomic E-state index is 13.5. The smallest absolute Gasteiger partial charge is 0.197 e. The lowest BCUT2D eigenvalue weighted by Gasteiger charge is -2.02. The number of ketones is 1. The Bertz CT molecular complexity index is 548. The van der Waals surface area contributed by atoms with E-state index in [9.17, 15) is 9.18 Å². The quantitative estimate of drug-likeness (QED) is 0.760. The van der Waals surface area contributed by atoms with Gasteiger partial charge in [0, 0.05) is 14.9 Å². The third-order valence-electron chi connectivity index (χ3n) is 2.28. The molecule has 0 radical (unpaired) electrons. The van der Waals surface area contributed by atoms with Crippen LogP contribution in [0.15, 0.2) is 34.1 Å². The summed E-state index contributed by atoms with van der Waals surface area (Å²) >= 11 is 4.71. The molecule has 0 N–H and O–H groups in total. The van der Waals surface area contributed by atoms with Crippen molar-refractivity contribution >= 4 is 33.0 Å². The molecule has 2 rings (SSSR count). The molecular formula is C12H8BrFOS. The molecule has 0 spiro atoms. The normalized spacial score (nSPS) is 10.4. The van der Waals surface area contributed by atoms with Crippen LogP contribution in [0.4, 0.5) is 4.39 Å². The fraction of sp³-hybridized carbons (Fsp3) is 0.0833. The van der Waals surface area contributed by atoms with Gasteiger partial charge in [0.2, 0.25) is 0 Å². The van der Waals surface area contributed by atoms with E-state index < -0.39 is 5.82 Å². The molecule has 0 bridgehead atoms. The van der Waals surface area contributed by atoms with Crippen LogP contribution in [0.1, 0.15) is 20.8 Å². The van der Waals surface area contributed by atoms with Gasteiger partial charge in [-0.1, -0.05) is 15.9 Å². The molecule has 0 aliphatic rings. The lowest BCUT2D eigenvalue weighted by Crippen LogP contribution is -2.04. The Hall–Kier alpha value is -1.00. The predicted octanol–water partition coefficient (Wildman–Crippen LogP) is 4.19. The predicted molar refractivity (Wildman–Crippen MR) is 66.6 cm³/mol. The van der Waals surface area contributed by atoms with Gasteiger partial charge in [-0.25, -0.2) is 4.39 Å². The van der Waals surface area contributed by atoms with Gasteiger partial charge in [-0.05, 0) is 36.6 Å². The third kappa shape index (κ3) is 2.08. The van der Waals surface area contributed by atoms with E-state index in [-0.39, 0.29) is 11.3 Å². The van der Waals surface area contributed by atoms with Crippen molar-refractivity contribution in [2.75, 3.05) is 0 Å². The van der Waals surface area contributed by atoms with Crippen LogP contribution >= 0.6 is 27.3 Å². The van der Waals surface area contributed by atoms with Crippen molar-refractivity contribution in [1.82, 2.24) is 0 Å². The summed E-state index contributed by atoms with van der Waals surface area (Å²) in [5.74, 6) is -0.753. The molecule has 0 aliphatic heterocycles. The second kappa shape index (κ2) is 4.47. The van der Waals surface area contributed by atoms with Crippen LogP contribution in [-0.2, 0) is 0 Å². The maximum Gasteiger partial charge on any atom is 0.197 e. The molecule has 1 aromatic carbocycles. The minimum absolute atomic E-state index is 0.107. The molecule has 0 fully saturated rings. The number of halogens is 2. The van der Waals surface area contributed by atoms with E-state index in [0.29, 0.717) is 10.0 Å². The standard InChI is InChI=1S/C12H8BrFOS/c1-7-9(4-5-16-7)12(15)10-6-8(13)2-3-11(10)14/h2-6H,1H3. The van der Waals surface area contributed by atoms with Crippen molar-refractivity contribution in [2.45, 2.75) is 6.92 Å². The Kier molecular flexibility index (Phi) is 3.21. The van der Waals surface area contributed by atoms with Gasteiger partial charge in [0.05, 0.1) is 5.56 Å². The second-order valence-corrected chi connectivity index (χ2v) is 5.38. The van der Waals surface area contributed by atoms with E-state index in [1.165, 1.54) is 23.5 Å². The highest BCUT2D eigenvalue weighted by molar-refractivity contribution is 9.10. The van der Waals surface area contributed by atoms with Crippen molar-refractivity contribution in [3.8, 4) is 0 Å². The van der Waals surface area contributed by atoms with Gasteiger partial charge < -0.3 is 0 Å². The Morgan fingerprint density at radius 1 is 1.31 bits per heavy atom. The van der Waals surface area contributed by atoms with Crippen LogP contribution in [0.2, 0.25) is 0 Å². The van der Waals surface area contributed by atoms with E-state index in [0.717, 1.165) is 4.88 Å². The first-order chi connectivity index (χ1) is 7.59. The van der Waals surface area contributed by atoms with Crippen molar-refractivity contribution in [3.05, 3.63) is 55.9 Å². The topological polar surface area (TPSA) is 17.1 Å². The van der Waals surface area contributed by atoms with E-state index in [4.69, 9.17) is 0 Å². The summed E-state index contributed by atoms with van der Waals surface area (Å²) in [6.45, 7) is 1.85. The first kappa shape index (κ1) is 11.5. The highest BCUT2D eigenvalue weighted by atomic mass is 79.9. The summed E-state index contributed by atoms with van der Waals surface area (Å²) in [4.78, 5) is 13.0. The molecule has 0 atom stereocenters. The maximum atomic E-state index is 13.5. The average molecular weight is 299 g/mol. The van der Waals surface area contributed by atoms with Crippen LogP contribution in [0.25, 0.3) is 0 Å². The molecular weight excluding hydrogens is 291 g/mol. The molecule has 16 heavy (non-hydrogen) atoms. The van der Waals surface area contributed by atoms with Crippen LogP contribution in [-0.4, -0.2) is 5.78 Å². The number of hydrogen-bond acceptors (Lipinski definition) is 2. The SMILES string of the molecule is Cc1sccc1C(=O)c1cc(Br)ccc1F. The van der Waals surface area contributed by atoms with Gasteiger partial charge in [-0.3, -0.25) is 4.79 Å². The highest BCUT2D eigenvalue weighted by Crippen LogP contribution is 2.22. The third-order valence-corrected chi connectivity index (χ3v) is 3.62. The zero-order valence-electron chi connectivity index (χ0n) is 8.46. The number of rotatable bonds is 2. The molecule has 1 nitrogen and oxygen atoms in total. The number of carbonyl (C=O) groups is 1. The fourth-order valence-corrected chi connectivity index (χ4v) is 2.49. The molecule has 0 aliphatic carbocycles. The molecule has 82 valence electrons. The Morgan fingerprint density at radius 2 is 2.06 bits per heavy atom. The summed E-state index contributed by atoms with van der Waals surface area (Å²) in [5.41, 5.74) is 0.679. The zero-order valence-corrected chi connectivity index (χ0v) is 10.9. The summed E-state index contributed by atoms with van der Waals surface area (Å²) < 4.78 is 14.2. The van der Waals surface area contributed by atoms with E-state index >= 15 is 0 Å². The van der Waals surface area contributed by atoms with E-state index in [2.05, 4.69) is 15.9 Å². The van der Waals surface area contributed by atoms with Gasteiger partial charge in [-0.2, -0.15) is 0 Å². The number of benzene rings is 1. The number of aryl methyl sites for hydroxylation is 1. The van der Waals surface area contributed by atoms with E-state index in [1.807, 2.05) is 12.3 Å². The lowest BCUT2D eigenvalue weighted by atomic mass is 10.0. The van der Waals surface area contributed by atoms with Crippen molar-refractivity contribution in [2.24, 2.45) is 0 Å².